The summed E-state index contributed by atoms with van der Waals surface area (Å²) in [5.74, 6) is 0.0184. The Bertz CT molecular complexity index is 897. The smallest absolute Gasteiger partial charge is 0.266 e. The van der Waals surface area contributed by atoms with E-state index in [-0.39, 0.29) is 11.0 Å². The first-order chi connectivity index (χ1) is 12.6. The van der Waals surface area contributed by atoms with Crippen LogP contribution in [0, 0.1) is 11.3 Å². The molecule has 1 amide bonds. The van der Waals surface area contributed by atoms with E-state index >= 15 is 0 Å². The van der Waals surface area contributed by atoms with Gasteiger partial charge < -0.3 is 5.32 Å². The molecule has 0 aliphatic heterocycles. The number of hydrogen-bond acceptors (Lipinski definition) is 2. The van der Waals surface area contributed by atoms with Gasteiger partial charge in [0, 0.05) is 4.47 Å². The number of halogens is 1. The zero-order valence-electron chi connectivity index (χ0n) is 16.4. The van der Waals surface area contributed by atoms with E-state index in [2.05, 4.69) is 55.9 Å². The van der Waals surface area contributed by atoms with Crippen molar-refractivity contribution in [1.29, 1.82) is 5.26 Å². The van der Waals surface area contributed by atoms with Crippen LogP contribution in [0.3, 0.4) is 0 Å². The topological polar surface area (TPSA) is 52.9 Å². The molecule has 0 saturated carbocycles. The minimum Gasteiger partial charge on any atom is -0.320 e. The number of nitrogens with one attached hydrogen (secondary N) is 1. The quantitative estimate of drug-likeness (QED) is 0.454. The fourth-order valence-corrected chi connectivity index (χ4v) is 3.04. The van der Waals surface area contributed by atoms with Crippen molar-refractivity contribution in [3.63, 3.8) is 0 Å². The largest absolute Gasteiger partial charge is 0.320 e. The van der Waals surface area contributed by atoms with Gasteiger partial charge in [-0.25, -0.2) is 0 Å². The van der Waals surface area contributed by atoms with Crippen molar-refractivity contribution in [1.82, 2.24) is 0 Å². The lowest BCUT2D eigenvalue weighted by molar-refractivity contribution is -0.112. The summed E-state index contributed by atoms with van der Waals surface area (Å²) in [6, 6.07) is 15.7. The lowest BCUT2D eigenvalue weighted by atomic mass is 9.87. The fraction of sp³-hybridized carbons (Fsp3) is 0.304. The molecule has 0 fully saturated rings. The van der Waals surface area contributed by atoms with Gasteiger partial charge in [-0.15, -0.1) is 0 Å². The van der Waals surface area contributed by atoms with Crippen LogP contribution in [-0.2, 0) is 10.2 Å². The predicted molar refractivity (Wildman–Crippen MR) is 116 cm³/mol. The van der Waals surface area contributed by atoms with E-state index in [0.717, 1.165) is 15.6 Å². The first-order valence-corrected chi connectivity index (χ1v) is 9.74. The normalized spacial score (nSPS) is 12.0. The molecule has 2 aromatic rings. The number of anilines is 1. The summed E-state index contributed by atoms with van der Waals surface area (Å²) >= 11 is 3.51. The van der Waals surface area contributed by atoms with Crippen molar-refractivity contribution < 1.29 is 4.79 Å². The molecule has 0 radical (unpaired) electrons. The van der Waals surface area contributed by atoms with Gasteiger partial charge in [-0.1, -0.05) is 65.0 Å². The Balaban J connectivity index is 2.21. The average molecular weight is 425 g/mol. The molecule has 0 bridgehead atoms. The van der Waals surface area contributed by atoms with Crippen molar-refractivity contribution in [2.45, 2.75) is 46.0 Å². The van der Waals surface area contributed by atoms with E-state index in [0.29, 0.717) is 11.6 Å². The number of amides is 1. The Morgan fingerprint density at radius 3 is 2.26 bits per heavy atom. The minimum atomic E-state index is -0.422. The lowest BCUT2D eigenvalue weighted by Crippen LogP contribution is -2.15. The van der Waals surface area contributed by atoms with Gasteiger partial charge in [-0.2, -0.15) is 5.26 Å². The van der Waals surface area contributed by atoms with Gasteiger partial charge in [0.05, 0.1) is 5.69 Å². The Morgan fingerprint density at radius 1 is 1.15 bits per heavy atom. The molecule has 0 aliphatic rings. The van der Waals surface area contributed by atoms with Crippen LogP contribution in [-0.4, -0.2) is 5.91 Å². The molecule has 0 saturated heterocycles. The van der Waals surface area contributed by atoms with Crippen LogP contribution in [0.25, 0.3) is 6.08 Å². The highest BCUT2D eigenvalue weighted by molar-refractivity contribution is 9.10. The molecule has 2 aromatic carbocycles. The molecular formula is C23H25BrN2O. The first-order valence-electron chi connectivity index (χ1n) is 8.95. The van der Waals surface area contributed by atoms with Crippen LogP contribution >= 0.6 is 15.9 Å². The summed E-state index contributed by atoms with van der Waals surface area (Å²) in [5, 5.41) is 12.2. The number of nitriles is 1. The zero-order valence-corrected chi connectivity index (χ0v) is 18.0. The van der Waals surface area contributed by atoms with Crippen LogP contribution in [0.15, 0.2) is 52.5 Å². The second-order valence-corrected chi connectivity index (χ2v) is 8.74. The SMILES string of the molecule is CC(C)c1ccc(/C=C(\C#N)C(=O)Nc2ccc(C(C)(C)C)cc2Br)cc1. The summed E-state index contributed by atoms with van der Waals surface area (Å²) in [6.07, 6.45) is 1.61. The Morgan fingerprint density at radius 2 is 1.78 bits per heavy atom. The van der Waals surface area contributed by atoms with Crippen molar-refractivity contribution in [2.75, 3.05) is 5.32 Å². The van der Waals surface area contributed by atoms with Crippen LogP contribution in [0.5, 0.6) is 0 Å². The molecule has 0 aromatic heterocycles. The van der Waals surface area contributed by atoms with E-state index in [1.165, 1.54) is 5.56 Å². The summed E-state index contributed by atoms with van der Waals surface area (Å²) in [5.41, 5.74) is 3.94. The monoisotopic (exact) mass is 424 g/mol. The highest BCUT2D eigenvalue weighted by Crippen LogP contribution is 2.30. The molecule has 0 spiro atoms. The first kappa shape index (κ1) is 20.9. The lowest BCUT2D eigenvalue weighted by Gasteiger charge is -2.20. The average Bonchev–Trinajstić information content (AvgIpc) is 2.60. The van der Waals surface area contributed by atoms with Gasteiger partial charge in [0.2, 0.25) is 0 Å². The van der Waals surface area contributed by atoms with E-state index in [1.807, 2.05) is 48.5 Å². The Kier molecular flexibility index (Phi) is 6.62. The second kappa shape index (κ2) is 8.54. The number of benzene rings is 2. The number of rotatable bonds is 4. The molecule has 4 heteroatoms. The molecule has 0 atom stereocenters. The number of carbonyl (C=O) groups is 1. The number of nitrogens with zero attached hydrogens (tertiary/aromatic N) is 1. The number of hydrogen-bond donors (Lipinski definition) is 1. The van der Waals surface area contributed by atoms with Crippen LogP contribution in [0.4, 0.5) is 5.69 Å². The van der Waals surface area contributed by atoms with Gasteiger partial charge in [-0.05, 0) is 62.2 Å². The molecule has 2 rings (SSSR count). The van der Waals surface area contributed by atoms with E-state index in [4.69, 9.17) is 0 Å². The predicted octanol–water partition coefficient (Wildman–Crippen LogP) is 6.42. The van der Waals surface area contributed by atoms with Gasteiger partial charge in [-0.3, -0.25) is 4.79 Å². The summed E-state index contributed by atoms with van der Waals surface area (Å²) in [6.45, 7) is 10.7. The fourth-order valence-electron chi connectivity index (χ4n) is 2.57. The maximum Gasteiger partial charge on any atom is 0.266 e. The summed E-state index contributed by atoms with van der Waals surface area (Å²) in [4.78, 5) is 12.5. The Labute approximate surface area is 170 Å². The van der Waals surface area contributed by atoms with Crippen molar-refractivity contribution in [3.8, 4) is 6.07 Å². The Hall–Kier alpha value is -2.38. The van der Waals surface area contributed by atoms with E-state index in [9.17, 15) is 10.1 Å². The highest BCUT2D eigenvalue weighted by atomic mass is 79.9. The maximum atomic E-state index is 12.5. The second-order valence-electron chi connectivity index (χ2n) is 7.89. The molecule has 3 nitrogen and oxygen atoms in total. The van der Waals surface area contributed by atoms with Gasteiger partial charge in [0.1, 0.15) is 11.6 Å². The van der Waals surface area contributed by atoms with Gasteiger partial charge in [0.25, 0.3) is 5.91 Å². The highest BCUT2D eigenvalue weighted by Gasteiger charge is 2.16. The molecular weight excluding hydrogens is 400 g/mol. The van der Waals surface area contributed by atoms with Crippen LogP contribution in [0.2, 0.25) is 0 Å². The third kappa shape index (κ3) is 5.55. The molecule has 1 N–H and O–H groups in total. The molecule has 0 heterocycles. The van der Waals surface area contributed by atoms with Gasteiger partial charge in [0.15, 0.2) is 0 Å². The van der Waals surface area contributed by atoms with Crippen molar-refractivity contribution in [3.05, 3.63) is 69.2 Å². The molecule has 27 heavy (non-hydrogen) atoms. The van der Waals surface area contributed by atoms with Gasteiger partial charge >= 0.3 is 0 Å². The minimum absolute atomic E-state index is 0.0188. The molecule has 140 valence electrons. The third-order valence-electron chi connectivity index (χ3n) is 4.36. The van der Waals surface area contributed by atoms with Crippen molar-refractivity contribution in [2.24, 2.45) is 0 Å². The maximum absolute atomic E-state index is 12.5. The summed E-state index contributed by atoms with van der Waals surface area (Å²) in [7, 11) is 0. The number of carbonyl (C=O) groups excluding carboxylic acids is 1. The van der Waals surface area contributed by atoms with Crippen molar-refractivity contribution >= 4 is 33.6 Å². The van der Waals surface area contributed by atoms with Crippen LogP contribution in [0.1, 0.15) is 57.2 Å². The van der Waals surface area contributed by atoms with E-state index < -0.39 is 5.91 Å². The molecule has 0 unspecified atom stereocenters. The standard InChI is InChI=1S/C23H25BrN2O/c1-15(2)17-8-6-16(7-9-17)12-18(14-25)22(27)26-21-11-10-19(13-20(21)24)23(3,4)5/h6-13,15H,1-5H3,(H,26,27)/b18-12+. The van der Waals surface area contributed by atoms with Crippen LogP contribution < -0.4 is 5.32 Å². The third-order valence-corrected chi connectivity index (χ3v) is 5.02. The zero-order chi connectivity index (χ0) is 20.2. The van der Waals surface area contributed by atoms with E-state index in [1.54, 1.807) is 6.08 Å². The molecule has 0 aliphatic carbocycles. The summed E-state index contributed by atoms with van der Waals surface area (Å²) < 4.78 is 0.793.